The number of aromatic carboxylic acids is 1. The third-order valence-electron chi connectivity index (χ3n) is 2.84. The lowest BCUT2D eigenvalue weighted by Crippen LogP contribution is -2.21. The number of carbonyl (C=O) groups excluding carboxylic acids is 1. The lowest BCUT2D eigenvalue weighted by molar-refractivity contribution is 0.0239. The minimum absolute atomic E-state index is 0.0214. The summed E-state index contributed by atoms with van der Waals surface area (Å²) < 4.78 is 5.39. The van der Waals surface area contributed by atoms with E-state index in [2.05, 4.69) is 13.8 Å². The maximum atomic E-state index is 12.0. The van der Waals surface area contributed by atoms with E-state index in [1.807, 2.05) is 6.92 Å². The van der Waals surface area contributed by atoms with Gasteiger partial charge in [0.25, 0.3) is 0 Å². The second-order valence-corrected chi connectivity index (χ2v) is 4.92. The van der Waals surface area contributed by atoms with Gasteiger partial charge in [0.1, 0.15) is 6.10 Å². The molecule has 0 unspecified atom stereocenters. The van der Waals surface area contributed by atoms with Gasteiger partial charge in [-0.05, 0) is 30.9 Å². The Hall–Kier alpha value is -1.84. The second kappa shape index (κ2) is 6.92. The Balaban J connectivity index is 2.86. The van der Waals surface area contributed by atoms with Crippen molar-refractivity contribution in [3.63, 3.8) is 0 Å². The normalized spacial score (nSPS) is 12.2. The Morgan fingerprint density at radius 3 is 2.26 bits per heavy atom. The molecule has 0 spiro atoms. The van der Waals surface area contributed by atoms with E-state index in [1.165, 1.54) is 12.1 Å². The van der Waals surface area contributed by atoms with Gasteiger partial charge in [0, 0.05) is 0 Å². The zero-order valence-corrected chi connectivity index (χ0v) is 11.6. The molecule has 0 saturated carbocycles. The summed E-state index contributed by atoms with van der Waals surface area (Å²) >= 11 is 0. The highest BCUT2D eigenvalue weighted by atomic mass is 16.5. The first-order valence-electron chi connectivity index (χ1n) is 6.49. The molecule has 0 aliphatic carbocycles. The monoisotopic (exact) mass is 264 g/mol. The van der Waals surface area contributed by atoms with E-state index in [9.17, 15) is 9.59 Å². The van der Waals surface area contributed by atoms with Crippen LogP contribution in [0.5, 0.6) is 0 Å². The quantitative estimate of drug-likeness (QED) is 0.800. The maximum absolute atomic E-state index is 12.0. The third kappa shape index (κ3) is 4.39. The molecule has 1 aromatic carbocycles. The number of carboxylic acids is 1. The van der Waals surface area contributed by atoms with E-state index in [0.717, 1.165) is 12.8 Å². The predicted octanol–water partition coefficient (Wildman–Crippen LogP) is 3.37. The maximum Gasteiger partial charge on any atom is 0.339 e. The fourth-order valence-electron chi connectivity index (χ4n) is 1.89. The van der Waals surface area contributed by atoms with E-state index < -0.39 is 11.9 Å². The van der Waals surface area contributed by atoms with Crippen molar-refractivity contribution in [1.29, 1.82) is 0 Å². The smallest absolute Gasteiger partial charge is 0.339 e. The first-order valence-corrected chi connectivity index (χ1v) is 6.49. The lowest BCUT2D eigenvalue weighted by atomic mass is 10.0. The van der Waals surface area contributed by atoms with Gasteiger partial charge in [-0.1, -0.05) is 32.9 Å². The predicted molar refractivity (Wildman–Crippen MR) is 72.4 cm³/mol. The molecule has 0 aromatic heterocycles. The third-order valence-corrected chi connectivity index (χ3v) is 2.84. The zero-order chi connectivity index (χ0) is 14.4. The molecule has 0 saturated heterocycles. The van der Waals surface area contributed by atoms with Crippen molar-refractivity contribution in [3.05, 3.63) is 35.4 Å². The van der Waals surface area contributed by atoms with Gasteiger partial charge in [-0.3, -0.25) is 0 Å². The van der Waals surface area contributed by atoms with E-state index in [1.54, 1.807) is 12.1 Å². The summed E-state index contributed by atoms with van der Waals surface area (Å²) in [5.74, 6) is -1.26. The summed E-state index contributed by atoms with van der Waals surface area (Å²) in [6, 6.07) is 6.11. The Morgan fingerprint density at radius 2 is 1.79 bits per heavy atom. The highest BCUT2D eigenvalue weighted by Crippen LogP contribution is 2.16. The second-order valence-electron chi connectivity index (χ2n) is 4.92. The molecular weight excluding hydrogens is 244 g/mol. The Bertz CT molecular complexity index is 451. The number of carboxylic acid groups (broad SMARTS) is 1. The van der Waals surface area contributed by atoms with Crippen LogP contribution in [0, 0.1) is 5.92 Å². The van der Waals surface area contributed by atoms with Gasteiger partial charge in [0.15, 0.2) is 0 Å². The number of rotatable bonds is 6. The summed E-state index contributed by atoms with van der Waals surface area (Å²) in [5.41, 5.74) is 0.0871. The number of ether oxygens (including phenoxy) is 1. The molecule has 0 amide bonds. The summed E-state index contributed by atoms with van der Waals surface area (Å²) in [4.78, 5) is 23.1. The average Bonchev–Trinajstić information content (AvgIpc) is 2.37. The Labute approximate surface area is 113 Å². The number of benzene rings is 1. The highest BCUT2D eigenvalue weighted by Gasteiger charge is 2.20. The van der Waals surface area contributed by atoms with Crippen molar-refractivity contribution in [2.75, 3.05) is 0 Å². The van der Waals surface area contributed by atoms with Gasteiger partial charge >= 0.3 is 11.9 Å². The lowest BCUT2D eigenvalue weighted by Gasteiger charge is -2.18. The molecule has 0 aliphatic rings. The standard InChI is InChI=1S/C15H20O4/c1-4-11(9-10(2)3)19-15(18)13-8-6-5-7-12(13)14(16)17/h5-8,10-11H,4,9H2,1-3H3,(H,16,17)/t11-/m0/s1. The molecule has 1 rings (SSSR count). The molecular formula is C15H20O4. The van der Waals surface area contributed by atoms with E-state index >= 15 is 0 Å². The largest absolute Gasteiger partial charge is 0.478 e. The van der Waals surface area contributed by atoms with Crippen LogP contribution < -0.4 is 0 Å². The van der Waals surface area contributed by atoms with Crippen molar-refractivity contribution in [2.24, 2.45) is 5.92 Å². The summed E-state index contributed by atoms with van der Waals surface area (Å²) in [6.07, 6.45) is 1.32. The molecule has 4 nitrogen and oxygen atoms in total. The number of esters is 1. The molecule has 1 atom stereocenters. The fraction of sp³-hybridized carbons (Fsp3) is 0.467. The summed E-state index contributed by atoms with van der Waals surface area (Å²) in [7, 11) is 0. The zero-order valence-electron chi connectivity index (χ0n) is 11.6. The molecule has 0 bridgehead atoms. The van der Waals surface area contributed by atoms with Crippen molar-refractivity contribution in [3.8, 4) is 0 Å². The van der Waals surface area contributed by atoms with Gasteiger partial charge in [-0.25, -0.2) is 9.59 Å². The highest BCUT2D eigenvalue weighted by molar-refractivity contribution is 6.02. The van der Waals surface area contributed by atoms with Crippen LogP contribution >= 0.6 is 0 Å². The molecule has 0 heterocycles. The average molecular weight is 264 g/mol. The SMILES string of the molecule is CC[C@@H](CC(C)C)OC(=O)c1ccccc1C(=O)O. The van der Waals surface area contributed by atoms with Crippen LogP contribution in [0.2, 0.25) is 0 Å². The van der Waals surface area contributed by atoms with Gasteiger partial charge in [0.05, 0.1) is 11.1 Å². The van der Waals surface area contributed by atoms with Crippen LogP contribution in [0.15, 0.2) is 24.3 Å². The van der Waals surface area contributed by atoms with Gasteiger partial charge in [-0.15, -0.1) is 0 Å². The topological polar surface area (TPSA) is 63.6 Å². The Kier molecular flexibility index (Phi) is 5.55. The fourth-order valence-corrected chi connectivity index (χ4v) is 1.89. The molecule has 1 aromatic rings. The number of hydrogen-bond acceptors (Lipinski definition) is 3. The molecule has 0 fully saturated rings. The van der Waals surface area contributed by atoms with Crippen LogP contribution in [0.25, 0.3) is 0 Å². The molecule has 1 N–H and O–H groups in total. The van der Waals surface area contributed by atoms with Gasteiger partial charge < -0.3 is 9.84 Å². The van der Waals surface area contributed by atoms with E-state index in [-0.39, 0.29) is 17.2 Å². The molecule has 0 radical (unpaired) electrons. The molecule has 19 heavy (non-hydrogen) atoms. The van der Waals surface area contributed by atoms with Crippen molar-refractivity contribution in [1.82, 2.24) is 0 Å². The van der Waals surface area contributed by atoms with Gasteiger partial charge in [0.2, 0.25) is 0 Å². The summed E-state index contributed by atoms with van der Waals surface area (Å²) in [5, 5.41) is 9.04. The van der Waals surface area contributed by atoms with Crippen molar-refractivity contribution >= 4 is 11.9 Å². The number of carbonyl (C=O) groups is 2. The van der Waals surface area contributed by atoms with Crippen LogP contribution in [-0.4, -0.2) is 23.1 Å². The van der Waals surface area contributed by atoms with E-state index in [4.69, 9.17) is 9.84 Å². The first-order chi connectivity index (χ1) is 8.95. The van der Waals surface area contributed by atoms with Gasteiger partial charge in [-0.2, -0.15) is 0 Å². The van der Waals surface area contributed by atoms with E-state index in [0.29, 0.717) is 5.92 Å². The summed E-state index contributed by atoms with van der Waals surface area (Å²) in [6.45, 7) is 6.06. The van der Waals surface area contributed by atoms with Crippen LogP contribution in [0.3, 0.4) is 0 Å². The molecule has 0 aliphatic heterocycles. The first kappa shape index (κ1) is 15.2. The van der Waals surface area contributed by atoms with Crippen molar-refractivity contribution < 1.29 is 19.4 Å². The minimum atomic E-state index is -1.12. The number of hydrogen-bond donors (Lipinski definition) is 1. The van der Waals surface area contributed by atoms with Crippen LogP contribution in [0.4, 0.5) is 0 Å². The molecule has 4 heteroatoms. The van der Waals surface area contributed by atoms with Crippen LogP contribution in [0.1, 0.15) is 54.3 Å². The van der Waals surface area contributed by atoms with Crippen molar-refractivity contribution in [2.45, 2.75) is 39.7 Å². The minimum Gasteiger partial charge on any atom is -0.478 e. The Morgan fingerprint density at radius 1 is 1.21 bits per heavy atom. The molecule has 104 valence electrons. The van der Waals surface area contributed by atoms with Crippen LogP contribution in [-0.2, 0) is 4.74 Å².